The summed E-state index contributed by atoms with van der Waals surface area (Å²) in [5.41, 5.74) is 10.4. The molecule has 0 amide bonds. The van der Waals surface area contributed by atoms with Gasteiger partial charge in [-0.2, -0.15) is 37.0 Å². The molecule has 0 aromatic rings. The molecule has 0 radical (unpaired) electrons. The predicted octanol–water partition coefficient (Wildman–Crippen LogP) is 0.416. The van der Waals surface area contributed by atoms with Gasteiger partial charge in [-0.1, -0.05) is 0 Å². The van der Waals surface area contributed by atoms with E-state index in [9.17, 15) is 9.59 Å². The largest absolute Gasteiger partial charge is 0.480 e. The van der Waals surface area contributed by atoms with Crippen molar-refractivity contribution < 1.29 is 19.8 Å². The smallest absolute Gasteiger partial charge is 0.320 e. The first-order chi connectivity index (χ1) is 8.36. The second kappa shape index (κ2) is 16.0. The molecule has 2 atom stereocenters. The number of thioether (sulfide) groups is 2. The Hall–Kier alpha value is -0.0900. The maximum Gasteiger partial charge on any atom is 0.320 e. The molecular formula is C10H24N2O4S3. The molecule has 116 valence electrons. The topological polar surface area (TPSA) is 127 Å². The number of rotatable bonds is 8. The molecule has 0 rings (SSSR count). The van der Waals surface area contributed by atoms with Crippen molar-refractivity contribution in [2.45, 2.75) is 24.9 Å². The normalized spacial score (nSPS) is 12.4. The van der Waals surface area contributed by atoms with E-state index < -0.39 is 24.0 Å². The highest BCUT2D eigenvalue weighted by atomic mass is 32.2. The van der Waals surface area contributed by atoms with Crippen LogP contribution in [0.1, 0.15) is 12.8 Å². The lowest BCUT2D eigenvalue weighted by molar-refractivity contribution is -0.139. The summed E-state index contributed by atoms with van der Waals surface area (Å²) in [7, 11) is 0. The third kappa shape index (κ3) is 17.9. The minimum atomic E-state index is -0.913. The third-order valence-corrected chi connectivity index (χ3v) is 3.19. The van der Waals surface area contributed by atoms with Crippen LogP contribution in [0, 0.1) is 0 Å². The lowest BCUT2D eigenvalue weighted by Gasteiger charge is -2.02. The van der Waals surface area contributed by atoms with Crippen molar-refractivity contribution in [3.8, 4) is 0 Å². The van der Waals surface area contributed by atoms with Crippen LogP contribution in [0.25, 0.3) is 0 Å². The minimum absolute atomic E-state index is 0. The Labute approximate surface area is 129 Å². The molecule has 0 saturated carbocycles. The van der Waals surface area contributed by atoms with Crippen molar-refractivity contribution in [3.63, 3.8) is 0 Å². The summed E-state index contributed by atoms with van der Waals surface area (Å²) < 4.78 is 0. The number of carboxylic acids is 2. The number of aliphatic carboxylic acids is 2. The molecule has 0 aliphatic rings. The summed E-state index contributed by atoms with van der Waals surface area (Å²) >= 11 is 3.21. The zero-order valence-electron chi connectivity index (χ0n) is 11.2. The van der Waals surface area contributed by atoms with E-state index in [4.69, 9.17) is 21.7 Å². The highest BCUT2D eigenvalue weighted by Crippen LogP contribution is 1.98. The first-order valence-corrected chi connectivity index (χ1v) is 8.10. The van der Waals surface area contributed by atoms with E-state index >= 15 is 0 Å². The third-order valence-electron chi connectivity index (χ3n) is 1.90. The molecule has 19 heavy (non-hydrogen) atoms. The Kier molecular flexibility index (Phi) is 20.1. The number of carboxylic acid groups (broad SMARTS) is 2. The molecule has 0 bridgehead atoms. The van der Waals surface area contributed by atoms with Gasteiger partial charge >= 0.3 is 11.9 Å². The fraction of sp³-hybridized carbons (Fsp3) is 0.800. The van der Waals surface area contributed by atoms with Crippen LogP contribution in [0.5, 0.6) is 0 Å². The summed E-state index contributed by atoms with van der Waals surface area (Å²) in [5.74, 6) is -0.200. The maximum atomic E-state index is 10.1. The van der Waals surface area contributed by atoms with Gasteiger partial charge in [0.2, 0.25) is 0 Å². The van der Waals surface area contributed by atoms with Gasteiger partial charge in [-0.05, 0) is 36.9 Å². The molecule has 0 aliphatic carbocycles. The fourth-order valence-corrected chi connectivity index (χ4v) is 1.72. The van der Waals surface area contributed by atoms with E-state index in [0.717, 1.165) is 11.5 Å². The molecular weight excluding hydrogens is 308 g/mol. The monoisotopic (exact) mass is 332 g/mol. The maximum absolute atomic E-state index is 10.1. The van der Waals surface area contributed by atoms with Crippen molar-refractivity contribution in [2.75, 3.05) is 24.0 Å². The van der Waals surface area contributed by atoms with Gasteiger partial charge in [0.15, 0.2) is 0 Å². The molecule has 0 aromatic heterocycles. The Morgan fingerprint density at radius 1 is 0.947 bits per heavy atom. The Bertz CT molecular complexity index is 221. The SMILES string of the molecule is CSCCC(N)C(=O)O.CSCCC(N)C(=O)O.S. The summed E-state index contributed by atoms with van der Waals surface area (Å²) in [5, 5.41) is 16.5. The number of hydrogen-bond acceptors (Lipinski definition) is 6. The molecule has 6 nitrogen and oxygen atoms in total. The lowest BCUT2D eigenvalue weighted by Crippen LogP contribution is -2.30. The molecule has 0 saturated heterocycles. The van der Waals surface area contributed by atoms with E-state index in [1.54, 1.807) is 23.5 Å². The van der Waals surface area contributed by atoms with Gasteiger partial charge in [0.05, 0.1) is 0 Å². The van der Waals surface area contributed by atoms with E-state index in [0.29, 0.717) is 12.8 Å². The van der Waals surface area contributed by atoms with Crippen LogP contribution >= 0.6 is 37.0 Å². The number of nitrogens with two attached hydrogens (primary N) is 2. The van der Waals surface area contributed by atoms with E-state index in [1.165, 1.54) is 0 Å². The zero-order chi connectivity index (χ0) is 14.6. The van der Waals surface area contributed by atoms with Crippen LogP contribution < -0.4 is 11.5 Å². The van der Waals surface area contributed by atoms with E-state index in [-0.39, 0.29) is 13.5 Å². The van der Waals surface area contributed by atoms with E-state index in [2.05, 4.69) is 0 Å². The molecule has 6 N–H and O–H groups in total. The first-order valence-electron chi connectivity index (χ1n) is 5.31. The Morgan fingerprint density at radius 3 is 1.37 bits per heavy atom. The van der Waals surface area contributed by atoms with Crippen molar-refractivity contribution >= 4 is 49.0 Å². The molecule has 0 aromatic carbocycles. The van der Waals surface area contributed by atoms with Crippen LogP contribution in [-0.4, -0.2) is 58.3 Å². The molecule has 0 fully saturated rings. The van der Waals surface area contributed by atoms with E-state index in [1.807, 2.05) is 12.5 Å². The van der Waals surface area contributed by atoms with Crippen LogP contribution in [0.3, 0.4) is 0 Å². The number of hydrogen-bond donors (Lipinski definition) is 4. The van der Waals surface area contributed by atoms with Crippen molar-refractivity contribution in [1.29, 1.82) is 0 Å². The molecule has 9 heteroatoms. The van der Waals surface area contributed by atoms with Gasteiger partial charge in [0, 0.05) is 0 Å². The molecule has 2 unspecified atom stereocenters. The quantitative estimate of drug-likeness (QED) is 0.503. The summed E-state index contributed by atoms with van der Waals surface area (Å²) in [6.07, 6.45) is 4.95. The lowest BCUT2D eigenvalue weighted by atomic mass is 10.2. The van der Waals surface area contributed by atoms with Crippen molar-refractivity contribution in [1.82, 2.24) is 0 Å². The summed E-state index contributed by atoms with van der Waals surface area (Å²) in [4.78, 5) is 20.1. The summed E-state index contributed by atoms with van der Waals surface area (Å²) in [6.45, 7) is 0. The van der Waals surface area contributed by atoms with Gasteiger partial charge in [-0.15, -0.1) is 0 Å². The van der Waals surface area contributed by atoms with Crippen molar-refractivity contribution in [3.05, 3.63) is 0 Å². The highest BCUT2D eigenvalue weighted by Gasteiger charge is 2.09. The zero-order valence-corrected chi connectivity index (χ0v) is 13.8. The average molecular weight is 333 g/mol. The second-order valence-electron chi connectivity index (χ2n) is 3.45. The Morgan fingerprint density at radius 2 is 1.21 bits per heavy atom. The predicted molar refractivity (Wildman–Crippen MR) is 87.6 cm³/mol. The highest BCUT2D eigenvalue weighted by molar-refractivity contribution is 7.98. The Balaban J connectivity index is -0.000000256. The van der Waals surface area contributed by atoms with Gasteiger partial charge < -0.3 is 21.7 Å². The van der Waals surface area contributed by atoms with Gasteiger partial charge in [-0.3, -0.25) is 9.59 Å². The average Bonchev–Trinajstić information content (AvgIpc) is 2.33. The van der Waals surface area contributed by atoms with Gasteiger partial charge in [-0.25, -0.2) is 0 Å². The van der Waals surface area contributed by atoms with Crippen LogP contribution in [-0.2, 0) is 9.59 Å². The molecule has 0 heterocycles. The fourth-order valence-electron chi connectivity index (χ4n) is 0.737. The second-order valence-corrected chi connectivity index (χ2v) is 5.42. The van der Waals surface area contributed by atoms with Crippen LogP contribution in [0.2, 0.25) is 0 Å². The van der Waals surface area contributed by atoms with Crippen LogP contribution in [0.4, 0.5) is 0 Å². The standard InChI is InChI=1S/2C5H11NO2S.H2S/c2*1-9-3-2-4(6)5(7)8;/h2*4H,2-3,6H2,1H3,(H,7,8);1H2. The van der Waals surface area contributed by atoms with Crippen LogP contribution in [0.15, 0.2) is 0 Å². The number of carbonyl (C=O) groups is 2. The van der Waals surface area contributed by atoms with Gasteiger partial charge in [0.25, 0.3) is 0 Å². The van der Waals surface area contributed by atoms with Crippen molar-refractivity contribution in [2.24, 2.45) is 11.5 Å². The molecule has 0 spiro atoms. The minimum Gasteiger partial charge on any atom is -0.480 e. The van der Waals surface area contributed by atoms with Gasteiger partial charge in [0.1, 0.15) is 12.1 Å². The molecule has 0 aliphatic heterocycles. The summed E-state index contributed by atoms with van der Waals surface area (Å²) in [6, 6.07) is -1.37. The first kappa shape index (κ1) is 24.0.